The molecule has 1 aliphatic heterocycles. The van der Waals surface area contributed by atoms with Gasteiger partial charge in [-0.3, -0.25) is 19.3 Å². The van der Waals surface area contributed by atoms with Gasteiger partial charge in [-0.25, -0.2) is 0 Å². The second-order valence-electron chi connectivity index (χ2n) is 4.71. The Hall–Kier alpha value is -2.31. The van der Waals surface area contributed by atoms with E-state index in [1.165, 1.54) is 12.3 Å². The summed E-state index contributed by atoms with van der Waals surface area (Å²) in [5.41, 5.74) is 0.392. The Morgan fingerprint density at radius 1 is 1.22 bits per heavy atom. The third kappa shape index (κ3) is 3.38. The van der Waals surface area contributed by atoms with Gasteiger partial charge in [0.2, 0.25) is 0 Å². The minimum absolute atomic E-state index is 0.230. The van der Waals surface area contributed by atoms with E-state index >= 15 is 0 Å². The Morgan fingerprint density at radius 2 is 1.96 bits per heavy atom. The summed E-state index contributed by atoms with van der Waals surface area (Å²) in [7, 11) is 0. The van der Waals surface area contributed by atoms with Crippen molar-refractivity contribution in [1.82, 2.24) is 4.90 Å². The number of carbonyl (C=O) groups is 3. The summed E-state index contributed by atoms with van der Waals surface area (Å²) in [5, 5.41) is 0.0317. The van der Waals surface area contributed by atoms with Crippen LogP contribution in [0.15, 0.2) is 52.0 Å². The van der Waals surface area contributed by atoms with E-state index in [0.29, 0.717) is 16.3 Å². The molecule has 0 spiro atoms. The molecule has 1 saturated heterocycles. The van der Waals surface area contributed by atoms with Crippen molar-refractivity contribution in [3.63, 3.8) is 0 Å². The largest absolute Gasteiger partial charge is 0.465 e. The van der Waals surface area contributed by atoms with Gasteiger partial charge in [-0.2, -0.15) is 0 Å². The summed E-state index contributed by atoms with van der Waals surface area (Å²) in [6.07, 6.45) is 2.96. The van der Waals surface area contributed by atoms with E-state index in [1.807, 2.05) is 0 Å². The van der Waals surface area contributed by atoms with Crippen molar-refractivity contribution in [3.8, 4) is 0 Å². The zero-order valence-corrected chi connectivity index (χ0v) is 13.3. The lowest BCUT2D eigenvalue weighted by molar-refractivity contribution is -0.122. The number of Topliss-reactive ketones (excluding diaryl/α,β-unsaturated/α-hetero) is 1. The smallest absolute Gasteiger partial charge is 0.293 e. The predicted molar refractivity (Wildman–Crippen MR) is 87.2 cm³/mol. The van der Waals surface area contributed by atoms with Crippen LogP contribution >= 0.6 is 23.4 Å². The highest BCUT2D eigenvalue weighted by Crippen LogP contribution is 2.32. The second kappa shape index (κ2) is 6.44. The monoisotopic (exact) mass is 347 g/mol. The van der Waals surface area contributed by atoms with Gasteiger partial charge in [0.05, 0.1) is 17.7 Å². The first-order chi connectivity index (χ1) is 11.0. The molecule has 2 amide bonds. The molecule has 0 atom stereocenters. The number of halogens is 1. The van der Waals surface area contributed by atoms with Crippen molar-refractivity contribution in [2.24, 2.45) is 0 Å². The first-order valence-corrected chi connectivity index (χ1v) is 7.81. The summed E-state index contributed by atoms with van der Waals surface area (Å²) in [6.45, 7) is -0.304. The summed E-state index contributed by atoms with van der Waals surface area (Å²) < 4.78 is 5.12. The van der Waals surface area contributed by atoms with Crippen LogP contribution in [0.4, 0.5) is 4.79 Å². The Labute approximate surface area is 140 Å². The van der Waals surface area contributed by atoms with Gasteiger partial charge in [0.1, 0.15) is 5.76 Å². The number of ketones is 1. The van der Waals surface area contributed by atoms with Crippen molar-refractivity contribution in [3.05, 3.63) is 63.9 Å². The summed E-state index contributed by atoms with van der Waals surface area (Å²) >= 11 is 6.55. The number of benzene rings is 1. The number of hydrogen-bond acceptors (Lipinski definition) is 5. The minimum atomic E-state index is -0.501. The zero-order valence-electron chi connectivity index (χ0n) is 11.7. The van der Waals surface area contributed by atoms with Crippen LogP contribution in [-0.4, -0.2) is 28.4 Å². The summed E-state index contributed by atoms with van der Waals surface area (Å²) in [4.78, 5) is 37.6. The van der Waals surface area contributed by atoms with E-state index < -0.39 is 11.1 Å². The fraction of sp³-hybridized carbons (Fsp3) is 0.0625. The predicted octanol–water partition coefficient (Wildman–Crippen LogP) is 3.85. The maximum absolute atomic E-state index is 12.3. The van der Waals surface area contributed by atoms with Crippen LogP contribution in [0.2, 0.25) is 5.02 Å². The summed E-state index contributed by atoms with van der Waals surface area (Å²) in [6, 6.07) is 9.64. The van der Waals surface area contributed by atoms with Gasteiger partial charge in [-0.1, -0.05) is 11.6 Å². The average molecular weight is 348 g/mol. The van der Waals surface area contributed by atoms with E-state index in [-0.39, 0.29) is 17.2 Å². The van der Waals surface area contributed by atoms with E-state index in [2.05, 4.69) is 0 Å². The maximum atomic E-state index is 12.3. The number of furan rings is 1. The number of imide groups is 1. The molecule has 5 nitrogen and oxygen atoms in total. The number of hydrogen-bond donors (Lipinski definition) is 0. The highest BCUT2D eigenvalue weighted by atomic mass is 35.5. The maximum Gasteiger partial charge on any atom is 0.293 e. The van der Waals surface area contributed by atoms with Crippen molar-refractivity contribution in [2.75, 3.05) is 6.54 Å². The number of amides is 2. The molecule has 1 fully saturated rings. The van der Waals surface area contributed by atoms with Gasteiger partial charge in [-0.05, 0) is 48.2 Å². The molecule has 1 aliphatic rings. The average Bonchev–Trinajstić information content (AvgIpc) is 3.12. The zero-order chi connectivity index (χ0) is 16.4. The molecular formula is C16H10ClNO4S. The Balaban J connectivity index is 1.75. The van der Waals surface area contributed by atoms with Crippen LogP contribution in [0.25, 0.3) is 6.08 Å². The standard InChI is InChI=1S/C16H10ClNO4S/c17-11-5-3-10(4-6-11)13(19)9-18-15(20)14(23-16(18)21)8-12-2-1-7-22-12/h1-8H,9H2/b14-8+. The van der Waals surface area contributed by atoms with E-state index in [0.717, 1.165) is 16.7 Å². The fourth-order valence-corrected chi connectivity index (χ4v) is 2.95. The molecule has 2 heterocycles. The molecule has 23 heavy (non-hydrogen) atoms. The van der Waals surface area contributed by atoms with Crippen LogP contribution in [-0.2, 0) is 4.79 Å². The van der Waals surface area contributed by atoms with Crippen molar-refractivity contribution < 1.29 is 18.8 Å². The van der Waals surface area contributed by atoms with Crippen LogP contribution in [0.1, 0.15) is 16.1 Å². The minimum Gasteiger partial charge on any atom is -0.465 e. The molecular weight excluding hydrogens is 338 g/mol. The highest BCUT2D eigenvalue weighted by Gasteiger charge is 2.36. The molecule has 0 radical (unpaired) electrons. The Bertz CT molecular complexity index is 796. The Morgan fingerprint density at radius 3 is 2.61 bits per heavy atom. The van der Waals surface area contributed by atoms with Gasteiger partial charge in [0, 0.05) is 16.7 Å². The molecule has 0 bridgehead atoms. The van der Waals surface area contributed by atoms with Gasteiger partial charge in [-0.15, -0.1) is 0 Å². The first-order valence-electron chi connectivity index (χ1n) is 6.62. The molecule has 7 heteroatoms. The normalized spacial score (nSPS) is 16.4. The molecule has 1 aromatic heterocycles. The van der Waals surface area contributed by atoms with Crippen LogP contribution in [0.5, 0.6) is 0 Å². The molecule has 1 aromatic carbocycles. The van der Waals surface area contributed by atoms with E-state index in [1.54, 1.807) is 36.4 Å². The van der Waals surface area contributed by atoms with Crippen LogP contribution in [0, 0.1) is 0 Å². The van der Waals surface area contributed by atoms with Crippen molar-refractivity contribution in [2.45, 2.75) is 0 Å². The number of nitrogens with zero attached hydrogens (tertiary/aromatic N) is 1. The quantitative estimate of drug-likeness (QED) is 0.620. The van der Waals surface area contributed by atoms with Gasteiger partial charge >= 0.3 is 0 Å². The third-order valence-electron chi connectivity index (χ3n) is 3.16. The lowest BCUT2D eigenvalue weighted by Gasteiger charge is -2.11. The third-order valence-corrected chi connectivity index (χ3v) is 4.32. The van der Waals surface area contributed by atoms with Gasteiger partial charge < -0.3 is 4.42 Å². The fourth-order valence-electron chi connectivity index (χ4n) is 2.01. The lowest BCUT2D eigenvalue weighted by atomic mass is 10.1. The number of thioether (sulfide) groups is 1. The molecule has 0 aliphatic carbocycles. The molecule has 3 rings (SSSR count). The number of carbonyl (C=O) groups excluding carboxylic acids is 3. The molecule has 0 N–H and O–H groups in total. The molecule has 0 saturated carbocycles. The first kappa shape index (κ1) is 15.6. The van der Waals surface area contributed by atoms with Crippen LogP contribution < -0.4 is 0 Å². The van der Waals surface area contributed by atoms with Crippen molar-refractivity contribution in [1.29, 1.82) is 0 Å². The van der Waals surface area contributed by atoms with Crippen LogP contribution in [0.3, 0.4) is 0 Å². The topological polar surface area (TPSA) is 67.6 Å². The molecule has 2 aromatic rings. The SMILES string of the molecule is O=C(CN1C(=O)S/C(=C/c2ccco2)C1=O)c1ccc(Cl)cc1. The second-order valence-corrected chi connectivity index (χ2v) is 6.14. The van der Waals surface area contributed by atoms with E-state index in [4.69, 9.17) is 16.0 Å². The molecule has 0 unspecified atom stereocenters. The summed E-state index contributed by atoms with van der Waals surface area (Å²) in [5.74, 6) is -0.360. The lowest BCUT2D eigenvalue weighted by Crippen LogP contribution is -2.33. The Kier molecular flexibility index (Phi) is 4.36. The van der Waals surface area contributed by atoms with Gasteiger partial charge in [0.25, 0.3) is 11.1 Å². The molecule has 116 valence electrons. The highest BCUT2D eigenvalue weighted by molar-refractivity contribution is 8.18. The van der Waals surface area contributed by atoms with Crippen molar-refractivity contribution >= 4 is 46.4 Å². The van der Waals surface area contributed by atoms with E-state index in [9.17, 15) is 14.4 Å². The number of rotatable bonds is 4. The van der Waals surface area contributed by atoms with Gasteiger partial charge in [0.15, 0.2) is 5.78 Å².